The van der Waals surface area contributed by atoms with Gasteiger partial charge in [0.15, 0.2) is 9.84 Å². The highest BCUT2D eigenvalue weighted by Crippen LogP contribution is 2.31. The Bertz CT molecular complexity index is 512. The molecular weight excluding hydrogens is 270 g/mol. The van der Waals surface area contributed by atoms with Gasteiger partial charge in [-0.15, -0.1) is 0 Å². The SMILES string of the molecule is CC1CCC(N)C(S(=O)(=O)c2ccc(Cl)cc2)C1. The Morgan fingerprint density at radius 3 is 2.44 bits per heavy atom. The van der Waals surface area contributed by atoms with Gasteiger partial charge in [0.05, 0.1) is 10.1 Å². The summed E-state index contributed by atoms with van der Waals surface area (Å²) in [4.78, 5) is 0.321. The molecule has 1 aliphatic rings. The van der Waals surface area contributed by atoms with Crippen molar-refractivity contribution in [2.24, 2.45) is 11.7 Å². The predicted octanol–water partition coefficient (Wildman–Crippen LogP) is 2.63. The van der Waals surface area contributed by atoms with Gasteiger partial charge < -0.3 is 5.73 Å². The van der Waals surface area contributed by atoms with Crippen LogP contribution >= 0.6 is 11.6 Å². The fourth-order valence-corrected chi connectivity index (χ4v) is 4.68. The smallest absolute Gasteiger partial charge is 0.182 e. The molecule has 18 heavy (non-hydrogen) atoms. The second-order valence-electron chi connectivity index (χ2n) is 5.12. The lowest BCUT2D eigenvalue weighted by atomic mass is 9.87. The van der Waals surface area contributed by atoms with Crippen LogP contribution in [0.4, 0.5) is 0 Å². The third kappa shape index (κ3) is 2.71. The van der Waals surface area contributed by atoms with Crippen LogP contribution in [-0.2, 0) is 9.84 Å². The van der Waals surface area contributed by atoms with E-state index in [0.29, 0.717) is 22.3 Å². The minimum Gasteiger partial charge on any atom is -0.327 e. The second-order valence-corrected chi connectivity index (χ2v) is 7.72. The van der Waals surface area contributed by atoms with Crippen LogP contribution in [0.2, 0.25) is 5.02 Å². The zero-order valence-electron chi connectivity index (χ0n) is 10.3. The van der Waals surface area contributed by atoms with E-state index >= 15 is 0 Å². The molecule has 100 valence electrons. The summed E-state index contributed by atoms with van der Waals surface area (Å²) in [5.74, 6) is 0.414. The Hall–Kier alpha value is -0.580. The van der Waals surface area contributed by atoms with Gasteiger partial charge in [0.25, 0.3) is 0 Å². The summed E-state index contributed by atoms with van der Waals surface area (Å²) < 4.78 is 25.1. The zero-order valence-corrected chi connectivity index (χ0v) is 11.9. The van der Waals surface area contributed by atoms with Crippen molar-refractivity contribution >= 4 is 21.4 Å². The average Bonchev–Trinajstić information content (AvgIpc) is 2.32. The van der Waals surface area contributed by atoms with Crippen LogP contribution in [0.5, 0.6) is 0 Å². The molecule has 0 radical (unpaired) electrons. The fraction of sp³-hybridized carbons (Fsp3) is 0.538. The third-order valence-corrected chi connectivity index (χ3v) is 6.17. The number of sulfone groups is 1. The van der Waals surface area contributed by atoms with Crippen LogP contribution in [0.1, 0.15) is 26.2 Å². The van der Waals surface area contributed by atoms with Crippen molar-refractivity contribution in [2.75, 3.05) is 0 Å². The van der Waals surface area contributed by atoms with Gasteiger partial charge in [0.1, 0.15) is 0 Å². The van der Waals surface area contributed by atoms with E-state index in [1.54, 1.807) is 24.3 Å². The van der Waals surface area contributed by atoms with Crippen molar-refractivity contribution in [3.8, 4) is 0 Å². The monoisotopic (exact) mass is 287 g/mol. The van der Waals surface area contributed by atoms with Crippen LogP contribution < -0.4 is 5.73 Å². The van der Waals surface area contributed by atoms with Crippen LogP contribution in [-0.4, -0.2) is 19.7 Å². The van der Waals surface area contributed by atoms with Gasteiger partial charge in [0, 0.05) is 11.1 Å². The van der Waals surface area contributed by atoms with Crippen LogP contribution in [0.25, 0.3) is 0 Å². The molecule has 3 unspecified atom stereocenters. The Kier molecular flexibility index (Phi) is 3.99. The highest BCUT2D eigenvalue weighted by Gasteiger charge is 2.36. The number of rotatable bonds is 2. The van der Waals surface area contributed by atoms with E-state index in [1.807, 2.05) is 0 Å². The molecule has 1 aromatic rings. The molecule has 1 saturated carbocycles. The van der Waals surface area contributed by atoms with E-state index in [9.17, 15) is 8.42 Å². The molecule has 3 atom stereocenters. The van der Waals surface area contributed by atoms with Crippen molar-refractivity contribution in [1.29, 1.82) is 0 Å². The number of hydrogen-bond donors (Lipinski definition) is 1. The van der Waals surface area contributed by atoms with Crippen molar-refractivity contribution in [3.05, 3.63) is 29.3 Å². The maximum absolute atomic E-state index is 12.5. The maximum Gasteiger partial charge on any atom is 0.182 e. The van der Waals surface area contributed by atoms with E-state index in [4.69, 9.17) is 17.3 Å². The molecule has 0 spiro atoms. The van der Waals surface area contributed by atoms with Gasteiger partial charge in [-0.1, -0.05) is 18.5 Å². The van der Waals surface area contributed by atoms with Gasteiger partial charge in [-0.25, -0.2) is 8.42 Å². The topological polar surface area (TPSA) is 60.2 Å². The molecule has 0 bridgehead atoms. The first-order valence-corrected chi connectivity index (χ1v) is 8.08. The highest BCUT2D eigenvalue weighted by molar-refractivity contribution is 7.92. The molecule has 3 nitrogen and oxygen atoms in total. The summed E-state index contributed by atoms with van der Waals surface area (Å²) in [7, 11) is -3.34. The first kappa shape index (κ1) is 13.8. The minimum absolute atomic E-state index is 0.262. The molecule has 1 aromatic carbocycles. The van der Waals surface area contributed by atoms with Gasteiger partial charge in [-0.05, 0) is 49.4 Å². The fourth-order valence-electron chi connectivity index (χ4n) is 2.51. The van der Waals surface area contributed by atoms with E-state index in [-0.39, 0.29) is 6.04 Å². The average molecular weight is 288 g/mol. The van der Waals surface area contributed by atoms with Crippen LogP contribution in [0.3, 0.4) is 0 Å². The highest BCUT2D eigenvalue weighted by atomic mass is 35.5. The summed E-state index contributed by atoms with van der Waals surface area (Å²) >= 11 is 5.78. The summed E-state index contributed by atoms with van der Waals surface area (Å²) in [5.41, 5.74) is 5.99. The normalized spacial score (nSPS) is 29.2. The number of hydrogen-bond acceptors (Lipinski definition) is 3. The standard InChI is InChI=1S/C13H18ClNO2S/c1-9-2-7-12(15)13(8-9)18(16,17)11-5-3-10(14)4-6-11/h3-6,9,12-13H,2,7-8,15H2,1H3. The van der Waals surface area contributed by atoms with Gasteiger partial charge >= 0.3 is 0 Å². The van der Waals surface area contributed by atoms with E-state index < -0.39 is 15.1 Å². The minimum atomic E-state index is -3.34. The van der Waals surface area contributed by atoms with E-state index in [1.165, 1.54) is 0 Å². The van der Waals surface area contributed by atoms with Crippen molar-refractivity contribution < 1.29 is 8.42 Å². The molecule has 0 aromatic heterocycles. The molecule has 1 fully saturated rings. The number of nitrogens with two attached hydrogens (primary N) is 1. The molecule has 0 heterocycles. The van der Waals surface area contributed by atoms with E-state index in [0.717, 1.165) is 12.8 Å². The Morgan fingerprint density at radius 1 is 1.22 bits per heavy atom. The van der Waals surface area contributed by atoms with Gasteiger partial charge in [0.2, 0.25) is 0 Å². The molecule has 2 N–H and O–H groups in total. The molecular formula is C13H18ClNO2S. The number of halogens is 1. The van der Waals surface area contributed by atoms with Crippen molar-refractivity contribution in [1.82, 2.24) is 0 Å². The lowest BCUT2D eigenvalue weighted by Crippen LogP contribution is -2.44. The molecule has 0 amide bonds. The Balaban J connectivity index is 2.32. The van der Waals surface area contributed by atoms with Gasteiger partial charge in [-0.2, -0.15) is 0 Å². The predicted molar refractivity (Wildman–Crippen MR) is 73.4 cm³/mol. The molecule has 0 aliphatic heterocycles. The quantitative estimate of drug-likeness (QED) is 0.909. The Labute approximate surface area is 113 Å². The van der Waals surface area contributed by atoms with Crippen LogP contribution in [0, 0.1) is 5.92 Å². The Morgan fingerprint density at radius 2 is 1.83 bits per heavy atom. The largest absolute Gasteiger partial charge is 0.327 e. The van der Waals surface area contributed by atoms with Gasteiger partial charge in [-0.3, -0.25) is 0 Å². The molecule has 0 saturated heterocycles. The summed E-state index contributed by atoms with van der Waals surface area (Å²) in [5, 5.41) is 0.0673. The number of benzene rings is 1. The first-order chi connectivity index (χ1) is 8.41. The van der Waals surface area contributed by atoms with E-state index in [2.05, 4.69) is 6.92 Å². The molecule has 5 heteroatoms. The summed E-state index contributed by atoms with van der Waals surface area (Å²) in [6.07, 6.45) is 2.43. The lowest BCUT2D eigenvalue weighted by Gasteiger charge is -2.32. The zero-order chi connectivity index (χ0) is 13.3. The molecule has 2 rings (SSSR count). The molecule has 1 aliphatic carbocycles. The maximum atomic E-state index is 12.5. The van der Waals surface area contributed by atoms with Crippen molar-refractivity contribution in [3.63, 3.8) is 0 Å². The van der Waals surface area contributed by atoms with Crippen LogP contribution in [0.15, 0.2) is 29.2 Å². The first-order valence-electron chi connectivity index (χ1n) is 6.16. The summed E-state index contributed by atoms with van der Waals surface area (Å²) in [6, 6.07) is 6.06. The third-order valence-electron chi connectivity index (χ3n) is 3.65. The summed E-state index contributed by atoms with van der Waals surface area (Å²) in [6.45, 7) is 2.08. The lowest BCUT2D eigenvalue weighted by molar-refractivity contribution is 0.346. The van der Waals surface area contributed by atoms with Crippen molar-refractivity contribution in [2.45, 2.75) is 42.4 Å². The second kappa shape index (κ2) is 5.19.